The fraction of sp³-hybridized carbons (Fsp3) is 0.647. The summed E-state index contributed by atoms with van der Waals surface area (Å²) in [6.07, 6.45) is 2.77. The number of rotatable bonds is 3. The third kappa shape index (κ3) is 2.81. The Morgan fingerprint density at radius 1 is 1.27 bits per heavy atom. The van der Waals surface area contributed by atoms with Gasteiger partial charge in [-0.15, -0.1) is 0 Å². The minimum absolute atomic E-state index is 0.00440. The molecule has 0 saturated carbocycles. The van der Waals surface area contributed by atoms with Crippen molar-refractivity contribution >= 4 is 0 Å². The highest BCUT2D eigenvalue weighted by atomic mass is 16.5. The third-order valence-corrected chi connectivity index (χ3v) is 5.21. The van der Waals surface area contributed by atoms with Crippen molar-refractivity contribution in [3.63, 3.8) is 0 Å². The van der Waals surface area contributed by atoms with Crippen LogP contribution >= 0.6 is 0 Å². The fourth-order valence-corrected chi connectivity index (χ4v) is 3.79. The van der Waals surface area contributed by atoms with Gasteiger partial charge in [0.05, 0.1) is 12.2 Å². The molecule has 22 heavy (non-hydrogen) atoms. The molecule has 0 aliphatic carbocycles. The zero-order valence-electron chi connectivity index (χ0n) is 13.2. The van der Waals surface area contributed by atoms with E-state index in [9.17, 15) is 10.2 Å². The van der Waals surface area contributed by atoms with Crippen molar-refractivity contribution in [1.82, 2.24) is 4.90 Å². The minimum atomic E-state index is -0.190. The molecule has 1 aromatic rings. The van der Waals surface area contributed by atoms with E-state index in [1.165, 1.54) is 6.07 Å². The van der Waals surface area contributed by atoms with E-state index in [1.54, 1.807) is 0 Å². The molecule has 0 amide bonds. The maximum atomic E-state index is 10.2. The first kappa shape index (κ1) is 15.6. The molecule has 0 spiro atoms. The SMILES string of the molecule is CCN1CCC([C@@H]2Cc3c(ccc(O)c3O)[C@H](CN)O2)CC1. The lowest BCUT2D eigenvalue weighted by Crippen LogP contribution is -2.42. The number of hydrogen-bond donors (Lipinski definition) is 3. The molecule has 0 radical (unpaired) electrons. The van der Waals surface area contributed by atoms with E-state index >= 15 is 0 Å². The quantitative estimate of drug-likeness (QED) is 0.742. The van der Waals surface area contributed by atoms with Gasteiger partial charge in [-0.1, -0.05) is 13.0 Å². The van der Waals surface area contributed by atoms with Gasteiger partial charge in [-0.05, 0) is 50.0 Å². The number of nitrogens with zero attached hydrogens (tertiary/aromatic N) is 1. The summed E-state index contributed by atoms with van der Waals surface area (Å²) in [4.78, 5) is 2.46. The lowest BCUT2D eigenvalue weighted by molar-refractivity contribution is -0.0644. The normalized spacial score (nSPS) is 26.8. The number of likely N-dealkylation sites (tertiary alicyclic amines) is 1. The van der Waals surface area contributed by atoms with Crippen LogP contribution in [0, 0.1) is 5.92 Å². The predicted octanol–water partition coefficient (Wildman–Crippen LogP) is 1.77. The molecule has 3 rings (SSSR count). The molecule has 122 valence electrons. The standard InChI is InChI=1S/C17H26N2O3/c1-2-19-7-5-11(6-8-19)15-9-13-12(16(10-18)22-15)3-4-14(20)17(13)21/h3-4,11,15-16,20-21H,2,5-10,18H2,1H3/t15-,16-/m0/s1. The lowest BCUT2D eigenvalue weighted by atomic mass is 9.83. The number of fused-ring (bicyclic) bond motifs is 1. The number of ether oxygens (including phenoxy) is 1. The van der Waals surface area contributed by atoms with E-state index in [4.69, 9.17) is 10.5 Å². The van der Waals surface area contributed by atoms with E-state index in [-0.39, 0.29) is 23.7 Å². The zero-order valence-corrected chi connectivity index (χ0v) is 13.2. The molecule has 1 aromatic carbocycles. The van der Waals surface area contributed by atoms with Gasteiger partial charge in [0.1, 0.15) is 0 Å². The van der Waals surface area contributed by atoms with E-state index < -0.39 is 0 Å². The molecule has 2 aliphatic heterocycles. The Morgan fingerprint density at radius 2 is 2.00 bits per heavy atom. The van der Waals surface area contributed by atoms with Crippen LogP contribution in [0.2, 0.25) is 0 Å². The maximum absolute atomic E-state index is 10.2. The third-order valence-electron chi connectivity index (χ3n) is 5.21. The van der Waals surface area contributed by atoms with Crippen molar-refractivity contribution < 1.29 is 14.9 Å². The molecule has 2 atom stereocenters. The van der Waals surface area contributed by atoms with Crippen LogP contribution in [0.15, 0.2) is 12.1 Å². The van der Waals surface area contributed by atoms with Crippen molar-refractivity contribution in [2.24, 2.45) is 11.7 Å². The number of benzene rings is 1. The van der Waals surface area contributed by atoms with E-state index in [1.807, 2.05) is 6.07 Å². The van der Waals surface area contributed by atoms with Gasteiger partial charge in [0.25, 0.3) is 0 Å². The first-order chi connectivity index (χ1) is 10.6. The lowest BCUT2D eigenvalue weighted by Gasteiger charge is -2.40. The molecule has 5 nitrogen and oxygen atoms in total. The van der Waals surface area contributed by atoms with Crippen molar-refractivity contribution in [2.75, 3.05) is 26.2 Å². The van der Waals surface area contributed by atoms with E-state index in [0.717, 1.165) is 43.6 Å². The van der Waals surface area contributed by atoms with Crippen molar-refractivity contribution in [2.45, 2.75) is 38.4 Å². The average Bonchev–Trinajstić information content (AvgIpc) is 2.57. The molecule has 2 heterocycles. The van der Waals surface area contributed by atoms with Gasteiger partial charge < -0.3 is 25.6 Å². The number of phenolic OH excluding ortho intramolecular Hbond substituents is 2. The van der Waals surface area contributed by atoms with Crippen LogP contribution in [0.4, 0.5) is 0 Å². The average molecular weight is 306 g/mol. The monoisotopic (exact) mass is 306 g/mol. The van der Waals surface area contributed by atoms with Crippen LogP contribution < -0.4 is 5.73 Å². The summed E-state index contributed by atoms with van der Waals surface area (Å²) in [6, 6.07) is 3.33. The number of nitrogens with two attached hydrogens (primary N) is 1. The summed E-state index contributed by atoms with van der Waals surface area (Å²) < 4.78 is 6.23. The van der Waals surface area contributed by atoms with Crippen molar-refractivity contribution in [3.8, 4) is 11.5 Å². The number of aromatic hydroxyl groups is 2. The Morgan fingerprint density at radius 3 is 2.64 bits per heavy atom. The van der Waals surface area contributed by atoms with Crippen LogP contribution in [0.1, 0.15) is 37.0 Å². The first-order valence-corrected chi connectivity index (χ1v) is 8.25. The molecule has 2 aliphatic rings. The van der Waals surface area contributed by atoms with Crippen LogP contribution in [-0.2, 0) is 11.2 Å². The molecular weight excluding hydrogens is 280 g/mol. The summed E-state index contributed by atoms with van der Waals surface area (Å²) in [5.74, 6) is 0.429. The summed E-state index contributed by atoms with van der Waals surface area (Å²) >= 11 is 0. The molecule has 4 N–H and O–H groups in total. The molecule has 0 bridgehead atoms. The second-order valence-corrected chi connectivity index (χ2v) is 6.38. The van der Waals surface area contributed by atoms with Gasteiger partial charge in [0, 0.05) is 18.5 Å². The Hall–Kier alpha value is -1.30. The molecule has 1 fully saturated rings. The summed E-state index contributed by atoms with van der Waals surface area (Å²) in [5.41, 5.74) is 7.59. The Bertz CT molecular complexity index is 527. The smallest absolute Gasteiger partial charge is 0.161 e. The molecule has 1 saturated heterocycles. The van der Waals surface area contributed by atoms with Crippen LogP contribution in [0.25, 0.3) is 0 Å². The second-order valence-electron chi connectivity index (χ2n) is 6.38. The number of phenols is 2. The predicted molar refractivity (Wildman–Crippen MR) is 85.0 cm³/mol. The molecule has 5 heteroatoms. The second kappa shape index (κ2) is 6.44. The van der Waals surface area contributed by atoms with Gasteiger partial charge in [0.2, 0.25) is 0 Å². The Labute approximate surface area is 131 Å². The van der Waals surface area contributed by atoms with Crippen molar-refractivity contribution in [1.29, 1.82) is 0 Å². The van der Waals surface area contributed by atoms with E-state index in [0.29, 0.717) is 18.9 Å². The van der Waals surface area contributed by atoms with Gasteiger partial charge >= 0.3 is 0 Å². The van der Waals surface area contributed by atoms with Crippen LogP contribution in [-0.4, -0.2) is 47.4 Å². The highest BCUT2D eigenvalue weighted by molar-refractivity contribution is 5.51. The zero-order chi connectivity index (χ0) is 15.7. The summed E-state index contributed by atoms with van der Waals surface area (Å²) in [6.45, 7) is 5.89. The molecule has 0 unspecified atom stereocenters. The largest absolute Gasteiger partial charge is 0.504 e. The number of piperidine rings is 1. The summed E-state index contributed by atoms with van der Waals surface area (Å²) in [7, 11) is 0. The van der Waals surface area contributed by atoms with Crippen LogP contribution in [0.5, 0.6) is 11.5 Å². The Kier molecular flexibility index (Phi) is 4.57. The molecular formula is C17H26N2O3. The van der Waals surface area contributed by atoms with Crippen LogP contribution in [0.3, 0.4) is 0 Å². The van der Waals surface area contributed by atoms with Gasteiger partial charge in [-0.2, -0.15) is 0 Å². The topological polar surface area (TPSA) is 79.0 Å². The Balaban J connectivity index is 1.80. The van der Waals surface area contributed by atoms with E-state index in [2.05, 4.69) is 11.8 Å². The molecule has 0 aromatic heterocycles. The van der Waals surface area contributed by atoms with Crippen molar-refractivity contribution in [3.05, 3.63) is 23.3 Å². The fourth-order valence-electron chi connectivity index (χ4n) is 3.79. The summed E-state index contributed by atoms with van der Waals surface area (Å²) in [5, 5.41) is 20.0. The van der Waals surface area contributed by atoms with Gasteiger partial charge in [-0.3, -0.25) is 0 Å². The van der Waals surface area contributed by atoms with Gasteiger partial charge in [0.15, 0.2) is 11.5 Å². The number of hydrogen-bond acceptors (Lipinski definition) is 5. The van der Waals surface area contributed by atoms with Gasteiger partial charge in [-0.25, -0.2) is 0 Å². The maximum Gasteiger partial charge on any atom is 0.161 e. The first-order valence-electron chi connectivity index (χ1n) is 8.25. The minimum Gasteiger partial charge on any atom is -0.504 e. The highest BCUT2D eigenvalue weighted by Gasteiger charge is 2.35. The highest BCUT2D eigenvalue weighted by Crippen LogP contribution is 2.42.